The van der Waals surface area contributed by atoms with Crippen LogP contribution in [0, 0.1) is 5.82 Å². The van der Waals surface area contributed by atoms with Crippen LogP contribution < -0.4 is 10.5 Å². The number of aromatic amines is 1. The first kappa shape index (κ1) is 10.3. The number of hydrogen-bond acceptors (Lipinski definition) is 4. The molecule has 6 heteroatoms. The maximum atomic E-state index is 13.1. The summed E-state index contributed by atoms with van der Waals surface area (Å²) < 4.78 is 18.1. The van der Waals surface area contributed by atoms with Crippen molar-refractivity contribution in [1.82, 2.24) is 10.2 Å². The Kier molecular flexibility index (Phi) is 2.40. The molecule has 16 heavy (non-hydrogen) atoms. The number of nitrogens with zero attached hydrogens (tertiary/aromatic N) is 1. The number of nitrogens with two attached hydrogens (primary N) is 1. The molecular formula is C10H10FN3O2. The van der Waals surface area contributed by atoms with Gasteiger partial charge < -0.3 is 15.6 Å². The van der Waals surface area contributed by atoms with Crippen molar-refractivity contribution in [2.75, 3.05) is 12.8 Å². The Bertz CT molecular complexity index is 525. The number of hydrogen-bond donors (Lipinski definition) is 3. The highest BCUT2D eigenvalue weighted by Gasteiger charge is 2.17. The standard InChI is InChI=1S/C10H10FN3O2/c1-16-9-5(2-3-7(11)8(9)15)6-4-13-14-10(6)12/h2-4,15H,1H3,(H3,12,13,14). The number of rotatable bonds is 2. The fourth-order valence-electron chi connectivity index (χ4n) is 1.48. The molecule has 0 aliphatic rings. The van der Waals surface area contributed by atoms with Gasteiger partial charge in [-0.1, -0.05) is 0 Å². The van der Waals surface area contributed by atoms with Crippen molar-refractivity contribution in [1.29, 1.82) is 0 Å². The van der Waals surface area contributed by atoms with Crippen LogP contribution in [0.5, 0.6) is 11.5 Å². The Morgan fingerprint density at radius 1 is 1.44 bits per heavy atom. The van der Waals surface area contributed by atoms with Crippen LogP contribution in [0.3, 0.4) is 0 Å². The second-order valence-corrected chi connectivity index (χ2v) is 3.17. The van der Waals surface area contributed by atoms with Crippen molar-refractivity contribution in [3.63, 3.8) is 0 Å². The lowest BCUT2D eigenvalue weighted by Crippen LogP contribution is -1.93. The van der Waals surface area contributed by atoms with Gasteiger partial charge in [-0.15, -0.1) is 0 Å². The highest BCUT2D eigenvalue weighted by Crippen LogP contribution is 2.40. The van der Waals surface area contributed by atoms with Crippen molar-refractivity contribution in [3.05, 3.63) is 24.1 Å². The first-order valence-electron chi connectivity index (χ1n) is 4.49. The predicted molar refractivity (Wildman–Crippen MR) is 56.6 cm³/mol. The van der Waals surface area contributed by atoms with Crippen LogP contribution in [0.2, 0.25) is 0 Å². The lowest BCUT2D eigenvalue weighted by molar-refractivity contribution is 0.358. The zero-order chi connectivity index (χ0) is 11.7. The van der Waals surface area contributed by atoms with Crippen LogP contribution in [-0.2, 0) is 0 Å². The molecule has 84 valence electrons. The maximum absolute atomic E-state index is 13.1. The summed E-state index contributed by atoms with van der Waals surface area (Å²) in [7, 11) is 1.34. The van der Waals surface area contributed by atoms with Gasteiger partial charge in [0.05, 0.1) is 13.3 Å². The van der Waals surface area contributed by atoms with Crippen molar-refractivity contribution >= 4 is 5.82 Å². The third-order valence-corrected chi connectivity index (χ3v) is 2.25. The van der Waals surface area contributed by atoms with Crippen LogP contribution in [0.25, 0.3) is 11.1 Å². The van der Waals surface area contributed by atoms with E-state index < -0.39 is 11.6 Å². The number of aromatic hydroxyl groups is 1. The minimum Gasteiger partial charge on any atom is -0.502 e. The number of nitrogen functional groups attached to an aromatic ring is 1. The number of phenols is 1. The molecule has 4 N–H and O–H groups in total. The molecule has 1 heterocycles. The Morgan fingerprint density at radius 3 is 2.75 bits per heavy atom. The van der Waals surface area contributed by atoms with Crippen LogP contribution in [-0.4, -0.2) is 22.4 Å². The van der Waals surface area contributed by atoms with Crippen molar-refractivity contribution in [2.24, 2.45) is 0 Å². The van der Waals surface area contributed by atoms with E-state index in [0.29, 0.717) is 16.9 Å². The number of nitrogens with one attached hydrogen (secondary N) is 1. The number of anilines is 1. The van der Waals surface area contributed by atoms with E-state index in [2.05, 4.69) is 10.2 Å². The van der Waals surface area contributed by atoms with Gasteiger partial charge in [-0.25, -0.2) is 4.39 Å². The molecule has 5 nitrogen and oxygen atoms in total. The quantitative estimate of drug-likeness (QED) is 0.720. The van der Waals surface area contributed by atoms with Gasteiger partial charge >= 0.3 is 0 Å². The number of methoxy groups -OCH3 is 1. The molecule has 0 unspecified atom stereocenters. The van der Waals surface area contributed by atoms with Gasteiger partial charge in [0.25, 0.3) is 0 Å². The third kappa shape index (κ3) is 1.44. The molecule has 0 atom stereocenters. The number of halogens is 1. The Labute approximate surface area is 90.7 Å². The Balaban J connectivity index is 2.66. The number of aromatic nitrogens is 2. The molecule has 0 saturated heterocycles. The fourth-order valence-corrected chi connectivity index (χ4v) is 1.48. The molecule has 0 aliphatic carbocycles. The number of phenolic OH excluding ortho intramolecular Hbond substituents is 1. The van der Waals surface area contributed by atoms with E-state index in [1.54, 1.807) is 0 Å². The van der Waals surface area contributed by atoms with Gasteiger partial charge in [0.15, 0.2) is 17.3 Å². The second-order valence-electron chi connectivity index (χ2n) is 3.17. The smallest absolute Gasteiger partial charge is 0.194 e. The summed E-state index contributed by atoms with van der Waals surface area (Å²) in [5.74, 6) is -0.930. The number of ether oxygens (including phenoxy) is 1. The van der Waals surface area contributed by atoms with Crippen LogP contribution in [0.1, 0.15) is 0 Å². The SMILES string of the molecule is COc1c(-c2cn[nH]c2N)ccc(F)c1O. The summed E-state index contributed by atoms with van der Waals surface area (Å²) in [6, 6.07) is 2.61. The van der Waals surface area contributed by atoms with Gasteiger partial charge in [0.2, 0.25) is 0 Å². The molecule has 2 aromatic rings. The maximum Gasteiger partial charge on any atom is 0.194 e. The van der Waals surface area contributed by atoms with Crippen molar-refractivity contribution in [2.45, 2.75) is 0 Å². The summed E-state index contributed by atoms with van der Waals surface area (Å²) >= 11 is 0. The average Bonchev–Trinajstić information content (AvgIpc) is 2.68. The van der Waals surface area contributed by atoms with Gasteiger partial charge in [0, 0.05) is 11.1 Å². The molecule has 0 fully saturated rings. The minimum absolute atomic E-state index is 0.0353. The van der Waals surface area contributed by atoms with E-state index >= 15 is 0 Å². The molecule has 1 aromatic carbocycles. The Morgan fingerprint density at radius 2 is 2.19 bits per heavy atom. The van der Waals surface area contributed by atoms with E-state index in [9.17, 15) is 9.50 Å². The lowest BCUT2D eigenvalue weighted by atomic mass is 10.1. The molecule has 1 aromatic heterocycles. The molecule has 0 saturated carbocycles. The first-order valence-corrected chi connectivity index (χ1v) is 4.49. The van der Waals surface area contributed by atoms with Crippen molar-refractivity contribution in [3.8, 4) is 22.6 Å². The van der Waals surface area contributed by atoms with Crippen LogP contribution in [0.4, 0.5) is 10.2 Å². The summed E-state index contributed by atoms with van der Waals surface area (Å²) in [6.07, 6.45) is 1.48. The van der Waals surface area contributed by atoms with E-state index in [0.717, 1.165) is 6.07 Å². The second kappa shape index (κ2) is 3.73. The normalized spacial score (nSPS) is 10.4. The third-order valence-electron chi connectivity index (χ3n) is 2.25. The predicted octanol–water partition coefficient (Wildman–Crippen LogP) is 1.51. The van der Waals surface area contributed by atoms with E-state index in [4.69, 9.17) is 10.5 Å². The lowest BCUT2D eigenvalue weighted by Gasteiger charge is -2.09. The summed E-state index contributed by atoms with van der Waals surface area (Å²) in [4.78, 5) is 0. The average molecular weight is 223 g/mol. The molecule has 0 amide bonds. The topological polar surface area (TPSA) is 84.2 Å². The first-order chi connectivity index (χ1) is 7.65. The van der Waals surface area contributed by atoms with E-state index in [1.165, 1.54) is 19.4 Å². The number of H-pyrrole nitrogens is 1. The highest BCUT2D eigenvalue weighted by molar-refractivity contribution is 5.80. The van der Waals surface area contributed by atoms with Gasteiger partial charge in [0.1, 0.15) is 5.82 Å². The zero-order valence-corrected chi connectivity index (χ0v) is 8.49. The molecule has 2 rings (SSSR count). The molecule has 0 radical (unpaired) electrons. The largest absolute Gasteiger partial charge is 0.502 e. The van der Waals surface area contributed by atoms with Gasteiger partial charge in [-0.2, -0.15) is 5.10 Å². The molecular weight excluding hydrogens is 213 g/mol. The van der Waals surface area contributed by atoms with Gasteiger partial charge in [-0.3, -0.25) is 5.10 Å². The molecule has 0 spiro atoms. The fraction of sp³-hybridized carbons (Fsp3) is 0.100. The highest BCUT2D eigenvalue weighted by atomic mass is 19.1. The Hall–Kier alpha value is -2.24. The van der Waals surface area contributed by atoms with E-state index in [1.807, 2.05) is 0 Å². The monoisotopic (exact) mass is 223 g/mol. The van der Waals surface area contributed by atoms with Crippen molar-refractivity contribution < 1.29 is 14.2 Å². The zero-order valence-electron chi connectivity index (χ0n) is 8.49. The van der Waals surface area contributed by atoms with Crippen LogP contribution in [0.15, 0.2) is 18.3 Å². The molecule has 0 bridgehead atoms. The number of benzene rings is 1. The summed E-state index contributed by atoms with van der Waals surface area (Å²) in [5, 5.41) is 15.8. The summed E-state index contributed by atoms with van der Waals surface area (Å²) in [6.45, 7) is 0. The molecule has 0 aliphatic heterocycles. The minimum atomic E-state index is -0.748. The van der Waals surface area contributed by atoms with Gasteiger partial charge in [-0.05, 0) is 12.1 Å². The summed E-state index contributed by atoms with van der Waals surface area (Å²) in [5.41, 5.74) is 6.66. The van der Waals surface area contributed by atoms with E-state index in [-0.39, 0.29) is 5.75 Å². The van der Waals surface area contributed by atoms with Crippen LogP contribution >= 0.6 is 0 Å².